The van der Waals surface area contributed by atoms with Gasteiger partial charge in [0.2, 0.25) is 5.91 Å². The Bertz CT molecular complexity index is 990. The number of nitro benzene ring substituents is 1. The van der Waals surface area contributed by atoms with Crippen molar-refractivity contribution in [1.29, 1.82) is 0 Å². The smallest absolute Gasteiger partial charge is 0.271 e. The lowest BCUT2D eigenvalue weighted by Gasteiger charge is -2.09. The Balaban J connectivity index is 1.70. The molecule has 1 amide bonds. The minimum absolute atomic E-state index is 0.0407. The van der Waals surface area contributed by atoms with Gasteiger partial charge in [-0.05, 0) is 24.6 Å². The van der Waals surface area contributed by atoms with Crippen molar-refractivity contribution in [2.45, 2.75) is 25.0 Å². The van der Waals surface area contributed by atoms with Crippen molar-refractivity contribution in [3.8, 4) is 11.6 Å². The average molecular weight is 422 g/mol. The van der Waals surface area contributed by atoms with E-state index in [2.05, 4.69) is 15.5 Å². The van der Waals surface area contributed by atoms with Crippen LogP contribution in [0.5, 0.6) is 0 Å². The van der Waals surface area contributed by atoms with E-state index >= 15 is 0 Å². The molecule has 1 N–H and O–H groups in total. The molecule has 11 heteroatoms. The van der Waals surface area contributed by atoms with Gasteiger partial charge in [-0.25, -0.2) is 0 Å². The van der Waals surface area contributed by atoms with E-state index in [1.54, 1.807) is 18.4 Å². The fourth-order valence-electron chi connectivity index (χ4n) is 2.45. The molecule has 0 aliphatic heterocycles. The van der Waals surface area contributed by atoms with Crippen LogP contribution in [0, 0.1) is 10.1 Å². The minimum atomic E-state index is -0.551. The van der Waals surface area contributed by atoms with Crippen molar-refractivity contribution >= 4 is 40.6 Å². The molecule has 0 fully saturated rings. The summed E-state index contributed by atoms with van der Waals surface area (Å²) in [5.74, 6) is 0.870. The standard InChI is InChI=1S/C17H16ClN5O4S/c1-2-7-22-16(14-4-3-8-27-14)20-21-17(22)28-10-15(24)19-13-9-11(23(25)26)5-6-12(13)18/h3-6,8-9H,2,7,10H2,1H3,(H,19,24). The average Bonchev–Trinajstić information content (AvgIpc) is 3.32. The first-order chi connectivity index (χ1) is 13.5. The zero-order valence-corrected chi connectivity index (χ0v) is 16.4. The monoisotopic (exact) mass is 421 g/mol. The van der Waals surface area contributed by atoms with Gasteiger partial charge in [0.05, 0.1) is 27.6 Å². The summed E-state index contributed by atoms with van der Waals surface area (Å²) in [4.78, 5) is 22.6. The predicted octanol–water partition coefficient (Wildman–Crippen LogP) is 4.24. The highest BCUT2D eigenvalue weighted by atomic mass is 35.5. The number of carbonyl (C=O) groups is 1. The molecule has 0 spiro atoms. The summed E-state index contributed by atoms with van der Waals surface area (Å²) >= 11 is 7.22. The summed E-state index contributed by atoms with van der Waals surface area (Å²) in [6.07, 6.45) is 2.41. The maximum absolute atomic E-state index is 12.3. The molecule has 28 heavy (non-hydrogen) atoms. The van der Waals surface area contributed by atoms with E-state index in [1.165, 1.54) is 30.0 Å². The van der Waals surface area contributed by atoms with Crippen molar-refractivity contribution in [3.63, 3.8) is 0 Å². The zero-order valence-electron chi connectivity index (χ0n) is 14.8. The first kappa shape index (κ1) is 19.9. The number of thioether (sulfide) groups is 1. The Labute approximate surface area is 169 Å². The Morgan fingerprint density at radius 3 is 2.89 bits per heavy atom. The summed E-state index contributed by atoms with van der Waals surface area (Å²) in [6.45, 7) is 2.70. The molecule has 2 heterocycles. The Morgan fingerprint density at radius 2 is 2.21 bits per heavy atom. The van der Waals surface area contributed by atoms with E-state index in [1.807, 2.05) is 11.5 Å². The van der Waals surface area contributed by atoms with Gasteiger partial charge in [-0.2, -0.15) is 0 Å². The lowest BCUT2D eigenvalue weighted by Crippen LogP contribution is -2.15. The van der Waals surface area contributed by atoms with Crippen LogP contribution < -0.4 is 5.32 Å². The molecular weight excluding hydrogens is 406 g/mol. The molecule has 9 nitrogen and oxygen atoms in total. The quantitative estimate of drug-likeness (QED) is 0.328. The fraction of sp³-hybridized carbons (Fsp3) is 0.235. The molecule has 0 unspecified atom stereocenters. The Hall–Kier alpha value is -2.85. The third-order valence-electron chi connectivity index (χ3n) is 3.67. The van der Waals surface area contributed by atoms with Gasteiger partial charge in [0.15, 0.2) is 16.7 Å². The first-order valence-electron chi connectivity index (χ1n) is 8.33. The Morgan fingerprint density at radius 1 is 1.39 bits per heavy atom. The minimum Gasteiger partial charge on any atom is -0.461 e. The van der Waals surface area contributed by atoms with Crippen LogP contribution in [0.3, 0.4) is 0 Å². The Kier molecular flexibility index (Phi) is 6.32. The normalized spacial score (nSPS) is 10.8. The summed E-state index contributed by atoms with van der Waals surface area (Å²) in [7, 11) is 0. The van der Waals surface area contributed by atoms with Crippen LogP contribution >= 0.6 is 23.4 Å². The number of hydrogen-bond donors (Lipinski definition) is 1. The van der Waals surface area contributed by atoms with Crippen molar-refractivity contribution in [2.75, 3.05) is 11.1 Å². The van der Waals surface area contributed by atoms with E-state index in [0.29, 0.717) is 23.3 Å². The summed E-state index contributed by atoms with van der Waals surface area (Å²) in [5, 5.41) is 22.6. The molecule has 0 aliphatic carbocycles. The first-order valence-corrected chi connectivity index (χ1v) is 9.69. The van der Waals surface area contributed by atoms with Crippen molar-refractivity contribution in [2.24, 2.45) is 0 Å². The fourth-order valence-corrected chi connectivity index (χ4v) is 3.38. The molecule has 0 aliphatic rings. The van der Waals surface area contributed by atoms with Gasteiger partial charge in [-0.1, -0.05) is 30.3 Å². The third kappa shape index (κ3) is 4.52. The number of carbonyl (C=O) groups excluding carboxylic acids is 1. The van der Waals surface area contributed by atoms with Crippen LogP contribution in [0.2, 0.25) is 5.02 Å². The lowest BCUT2D eigenvalue weighted by molar-refractivity contribution is -0.384. The van der Waals surface area contributed by atoms with Gasteiger partial charge in [-0.15, -0.1) is 10.2 Å². The van der Waals surface area contributed by atoms with Crippen molar-refractivity contribution < 1.29 is 14.1 Å². The van der Waals surface area contributed by atoms with Gasteiger partial charge in [0.1, 0.15) is 0 Å². The van der Waals surface area contributed by atoms with E-state index in [9.17, 15) is 14.9 Å². The van der Waals surface area contributed by atoms with E-state index in [0.717, 1.165) is 6.42 Å². The van der Waals surface area contributed by atoms with Gasteiger partial charge in [0, 0.05) is 18.7 Å². The highest BCUT2D eigenvalue weighted by molar-refractivity contribution is 7.99. The second kappa shape index (κ2) is 8.89. The number of non-ortho nitro benzene ring substituents is 1. The number of rotatable bonds is 8. The SMILES string of the molecule is CCCn1c(SCC(=O)Nc2cc([N+](=O)[O-])ccc2Cl)nnc1-c1ccco1. The molecule has 0 radical (unpaired) electrons. The van der Waals surface area contributed by atoms with Crippen LogP contribution in [0.15, 0.2) is 46.2 Å². The molecule has 146 valence electrons. The third-order valence-corrected chi connectivity index (χ3v) is 4.97. The largest absolute Gasteiger partial charge is 0.461 e. The maximum Gasteiger partial charge on any atom is 0.271 e. The number of nitro groups is 1. The molecule has 2 aromatic heterocycles. The van der Waals surface area contributed by atoms with Crippen LogP contribution in [0.1, 0.15) is 13.3 Å². The number of aromatic nitrogens is 3. The molecular formula is C17H16ClN5O4S. The number of nitrogens with one attached hydrogen (secondary N) is 1. The lowest BCUT2D eigenvalue weighted by atomic mass is 10.3. The van der Waals surface area contributed by atoms with Crippen LogP contribution in [0.4, 0.5) is 11.4 Å². The topological polar surface area (TPSA) is 116 Å². The van der Waals surface area contributed by atoms with Crippen LogP contribution in [0.25, 0.3) is 11.6 Å². The summed E-state index contributed by atoms with van der Waals surface area (Å²) in [6, 6.07) is 7.43. The second-order valence-corrected chi connectivity index (χ2v) is 7.04. The predicted molar refractivity (Wildman–Crippen MR) is 105 cm³/mol. The van der Waals surface area contributed by atoms with Gasteiger partial charge >= 0.3 is 0 Å². The molecule has 3 aromatic rings. The number of benzene rings is 1. The molecule has 0 bridgehead atoms. The number of furan rings is 1. The highest BCUT2D eigenvalue weighted by Crippen LogP contribution is 2.28. The molecule has 3 rings (SSSR count). The summed E-state index contributed by atoms with van der Waals surface area (Å²) in [5.41, 5.74) is 0.0332. The highest BCUT2D eigenvalue weighted by Gasteiger charge is 2.18. The number of amides is 1. The van der Waals surface area contributed by atoms with Crippen molar-refractivity contribution in [3.05, 3.63) is 51.7 Å². The molecule has 1 aromatic carbocycles. The van der Waals surface area contributed by atoms with E-state index in [-0.39, 0.29) is 28.1 Å². The maximum atomic E-state index is 12.3. The van der Waals surface area contributed by atoms with E-state index in [4.69, 9.17) is 16.0 Å². The number of nitrogens with zero attached hydrogens (tertiary/aromatic N) is 4. The number of hydrogen-bond acceptors (Lipinski definition) is 7. The molecule has 0 saturated heterocycles. The molecule has 0 atom stereocenters. The number of halogens is 1. The van der Waals surface area contributed by atoms with Crippen LogP contribution in [-0.2, 0) is 11.3 Å². The summed E-state index contributed by atoms with van der Waals surface area (Å²) < 4.78 is 7.27. The van der Waals surface area contributed by atoms with Crippen LogP contribution in [-0.4, -0.2) is 31.3 Å². The zero-order chi connectivity index (χ0) is 20.1. The van der Waals surface area contributed by atoms with Gasteiger partial charge in [-0.3, -0.25) is 19.5 Å². The van der Waals surface area contributed by atoms with Gasteiger partial charge < -0.3 is 9.73 Å². The van der Waals surface area contributed by atoms with E-state index < -0.39 is 4.92 Å². The second-order valence-electron chi connectivity index (χ2n) is 5.69. The number of anilines is 1. The van der Waals surface area contributed by atoms with Gasteiger partial charge in [0.25, 0.3) is 5.69 Å². The van der Waals surface area contributed by atoms with Crippen molar-refractivity contribution in [1.82, 2.24) is 14.8 Å². The molecule has 0 saturated carbocycles.